The Labute approximate surface area is 113 Å². The van der Waals surface area contributed by atoms with Crippen molar-refractivity contribution in [3.8, 4) is 0 Å². The normalized spacial score (nSPS) is 23.7. The van der Waals surface area contributed by atoms with Gasteiger partial charge in [0.25, 0.3) is 0 Å². The van der Waals surface area contributed by atoms with Gasteiger partial charge in [0.05, 0.1) is 11.2 Å². The van der Waals surface area contributed by atoms with Crippen LogP contribution in [0.4, 0.5) is 5.69 Å². The number of nitrogens with one attached hydrogen (secondary N) is 2. The summed E-state index contributed by atoms with van der Waals surface area (Å²) in [5.41, 5.74) is 0.479. The Morgan fingerprint density at radius 1 is 1.39 bits per heavy atom. The maximum Gasteiger partial charge on any atom is 0.244 e. The van der Waals surface area contributed by atoms with Gasteiger partial charge in [0, 0.05) is 4.90 Å². The van der Waals surface area contributed by atoms with Crippen molar-refractivity contribution in [3.05, 3.63) is 24.3 Å². The summed E-state index contributed by atoms with van der Waals surface area (Å²) >= 11 is 1.65. The van der Waals surface area contributed by atoms with Crippen LogP contribution in [0.25, 0.3) is 0 Å². The Morgan fingerprint density at radius 2 is 2.17 bits per heavy atom. The van der Waals surface area contributed by atoms with Gasteiger partial charge in [0.1, 0.15) is 0 Å². The molecule has 0 saturated carbocycles. The molecule has 4 heteroatoms. The number of para-hydroxylation sites is 1. The molecule has 1 aromatic rings. The van der Waals surface area contributed by atoms with Gasteiger partial charge in [-0.25, -0.2) is 0 Å². The molecule has 2 rings (SSSR count). The van der Waals surface area contributed by atoms with E-state index in [1.165, 1.54) is 0 Å². The molecule has 1 fully saturated rings. The molecule has 98 valence electrons. The number of carbonyl (C=O) groups excluding carboxylic acids is 1. The SMILES string of the molecule is CSc1ccccc1NC(=O)C1(C)CCCCN1. The van der Waals surface area contributed by atoms with Crippen LogP contribution in [0.1, 0.15) is 26.2 Å². The van der Waals surface area contributed by atoms with Crippen LogP contribution in [0.2, 0.25) is 0 Å². The van der Waals surface area contributed by atoms with Gasteiger partial charge in [-0.3, -0.25) is 4.79 Å². The zero-order valence-corrected chi connectivity index (χ0v) is 11.8. The largest absolute Gasteiger partial charge is 0.323 e. The lowest BCUT2D eigenvalue weighted by Gasteiger charge is -2.33. The third kappa shape index (κ3) is 2.87. The molecule has 0 radical (unpaired) electrons. The Balaban J connectivity index is 2.10. The molecule has 1 aliphatic heterocycles. The smallest absolute Gasteiger partial charge is 0.244 e. The van der Waals surface area contributed by atoms with Crippen molar-refractivity contribution >= 4 is 23.4 Å². The van der Waals surface area contributed by atoms with E-state index in [1.807, 2.05) is 37.4 Å². The summed E-state index contributed by atoms with van der Waals surface area (Å²) in [6, 6.07) is 7.92. The van der Waals surface area contributed by atoms with Crippen molar-refractivity contribution in [1.29, 1.82) is 0 Å². The minimum atomic E-state index is -0.427. The predicted molar refractivity (Wildman–Crippen MR) is 77.1 cm³/mol. The fraction of sp³-hybridized carbons (Fsp3) is 0.500. The molecule has 2 N–H and O–H groups in total. The summed E-state index contributed by atoms with van der Waals surface area (Å²) in [6.45, 7) is 2.91. The number of rotatable bonds is 3. The Kier molecular flexibility index (Phi) is 4.30. The summed E-state index contributed by atoms with van der Waals surface area (Å²) in [5.74, 6) is 0.0729. The number of amides is 1. The lowest BCUT2D eigenvalue weighted by Crippen LogP contribution is -2.54. The van der Waals surface area contributed by atoms with Gasteiger partial charge >= 0.3 is 0 Å². The van der Waals surface area contributed by atoms with Crippen molar-refractivity contribution in [2.45, 2.75) is 36.6 Å². The van der Waals surface area contributed by atoms with Crippen LogP contribution in [0, 0.1) is 0 Å². The molecule has 0 aromatic heterocycles. The summed E-state index contributed by atoms with van der Waals surface area (Å²) in [7, 11) is 0. The van der Waals surface area contributed by atoms with E-state index in [1.54, 1.807) is 11.8 Å². The summed E-state index contributed by atoms with van der Waals surface area (Å²) in [5, 5.41) is 6.38. The second-order valence-electron chi connectivity index (χ2n) is 4.87. The van der Waals surface area contributed by atoms with Crippen molar-refractivity contribution in [3.63, 3.8) is 0 Å². The van der Waals surface area contributed by atoms with Gasteiger partial charge in [-0.2, -0.15) is 0 Å². The summed E-state index contributed by atoms with van der Waals surface area (Å²) in [4.78, 5) is 13.5. The Morgan fingerprint density at radius 3 is 2.83 bits per heavy atom. The molecule has 18 heavy (non-hydrogen) atoms. The van der Waals surface area contributed by atoms with Gasteiger partial charge in [-0.05, 0) is 51.1 Å². The van der Waals surface area contributed by atoms with E-state index in [2.05, 4.69) is 10.6 Å². The molecule has 1 saturated heterocycles. The molecular weight excluding hydrogens is 244 g/mol. The Hall–Kier alpha value is -1.00. The van der Waals surface area contributed by atoms with Gasteiger partial charge in [0.15, 0.2) is 0 Å². The minimum Gasteiger partial charge on any atom is -0.323 e. The third-order valence-electron chi connectivity index (χ3n) is 3.48. The van der Waals surface area contributed by atoms with E-state index in [-0.39, 0.29) is 5.91 Å². The van der Waals surface area contributed by atoms with E-state index in [0.717, 1.165) is 36.4 Å². The number of hydrogen-bond acceptors (Lipinski definition) is 3. The minimum absolute atomic E-state index is 0.0729. The number of benzene rings is 1. The van der Waals surface area contributed by atoms with E-state index >= 15 is 0 Å². The molecule has 0 spiro atoms. The predicted octanol–water partition coefficient (Wildman–Crippen LogP) is 2.88. The molecule has 1 amide bonds. The number of hydrogen-bond donors (Lipinski definition) is 2. The fourth-order valence-corrected chi connectivity index (χ4v) is 2.81. The number of thioether (sulfide) groups is 1. The van der Waals surface area contributed by atoms with Crippen LogP contribution >= 0.6 is 11.8 Å². The zero-order chi connectivity index (χ0) is 13.0. The third-order valence-corrected chi connectivity index (χ3v) is 4.27. The highest BCUT2D eigenvalue weighted by molar-refractivity contribution is 7.98. The van der Waals surface area contributed by atoms with Gasteiger partial charge in [0.2, 0.25) is 5.91 Å². The maximum absolute atomic E-state index is 12.4. The van der Waals surface area contributed by atoms with Crippen LogP contribution in [-0.2, 0) is 4.79 Å². The maximum atomic E-state index is 12.4. The van der Waals surface area contributed by atoms with Crippen molar-refractivity contribution in [1.82, 2.24) is 5.32 Å². The summed E-state index contributed by atoms with van der Waals surface area (Å²) < 4.78 is 0. The molecule has 1 aromatic carbocycles. The van der Waals surface area contributed by atoms with E-state index < -0.39 is 5.54 Å². The molecule has 0 aliphatic carbocycles. The first-order valence-electron chi connectivity index (χ1n) is 6.35. The van der Waals surface area contributed by atoms with E-state index in [0.29, 0.717) is 0 Å². The number of anilines is 1. The lowest BCUT2D eigenvalue weighted by molar-refractivity contribution is -0.122. The van der Waals surface area contributed by atoms with Crippen LogP contribution in [0.3, 0.4) is 0 Å². The fourth-order valence-electron chi connectivity index (χ4n) is 2.26. The van der Waals surface area contributed by atoms with Gasteiger partial charge in [-0.1, -0.05) is 12.1 Å². The summed E-state index contributed by atoms with van der Waals surface area (Å²) in [6.07, 6.45) is 5.19. The molecule has 1 aliphatic rings. The highest BCUT2D eigenvalue weighted by atomic mass is 32.2. The molecular formula is C14H20N2OS. The molecule has 1 heterocycles. The highest BCUT2D eigenvalue weighted by Crippen LogP contribution is 2.27. The van der Waals surface area contributed by atoms with Crippen LogP contribution in [0.15, 0.2) is 29.2 Å². The number of carbonyl (C=O) groups is 1. The quantitative estimate of drug-likeness (QED) is 0.825. The van der Waals surface area contributed by atoms with Crippen molar-refractivity contribution < 1.29 is 4.79 Å². The average molecular weight is 264 g/mol. The number of piperidine rings is 1. The first-order chi connectivity index (χ1) is 8.65. The lowest BCUT2D eigenvalue weighted by atomic mass is 9.90. The molecule has 1 unspecified atom stereocenters. The highest BCUT2D eigenvalue weighted by Gasteiger charge is 2.34. The topological polar surface area (TPSA) is 41.1 Å². The molecule has 3 nitrogen and oxygen atoms in total. The molecule has 0 bridgehead atoms. The molecule has 1 atom stereocenters. The first-order valence-corrected chi connectivity index (χ1v) is 7.58. The van der Waals surface area contributed by atoms with Gasteiger partial charge in [-0.15, -0.1) is 11.8 Å². The first kappa shape index (κ1) is 13.4. The standard InChI is InChI=1S/C14H20N2OS/c1-14(9-5-6-10-15-14)13(17)16-11-7-3-4-8-12(11)18-2/h3-4,7-8,15H,5-6,9-10H2,1-2H3,(H,16,17). The zero-order valence-electron chi connectivity index (χ0n) is 11.0. The van der Waals surface area contributed by atoms with Crippen molar-refractivity contribution in [2.24, 2.45) is 0 Å². The van der Waals surface area contributed by atoms with Crippen LogP contribution in [-0.4, -0.2) is 24.2 Å². The second kappa shape index (κ2) is 5.76. The van der Waals surface area contributed by atoms with Crippen molar-refractivity contribution in [2.75, 3.05) is 18.1 Å². The van der Waals surface area contributed by atoms with Crippen LogP contribution in [0.5, 0.6) is 0 Å². The average Bonchev–Trinajstić information content (AvgIpc) is 2.40. The van der Waals surface area contributed by atoms with Crippen LogP contribution < -0.4 is 10.6 Å². The monoisotopic (exact) mass is 264 g/mol. The Bertz CT molecular complexity index is 428. The second-order valence-corrected chi connectivity index (χ2v) is 5.72. The van der Waals surface area contributed by atoms with E-state index in [9.17, 15) is 4.79 Å². The van der Waals surface area contributed by atoms with E-state index in [4.69, 9.17) is 0 Å². The van der Waals surface area contributed by atoms with Gasteiger partial charge < -0.3 is 10.6 Å².